The number of allylic oxidation sites excluding steroid dienone is 1. The molecule has 2 atom stereocenters. The second-order valence-corrected chi connectivity index (χ2v) is 4.41. The molecule has 2 heteroatoms. The third-order valence-corrected chi connectivity index (χ3v) is 2.83. The highest BCUT2D eigenvalue weighted by Gasteiger charge is 2.34. The van der Waals surface area contributed by atoms with Gasteiger partial charge in [-0.2, -0.15) is 0 Å². The Hall–Kier alpha value is -0.890. The molecule has 0 spiro atoms. The fraction of sp³-hybridized carbons (Fsp3) is 0.583. The molecule has 0 aliphatic heterocycles. The molecule has 1 rings (SSSR count). The normalized spacial score (nSPS) is 30.4. The van der Waals surface area contributed by atoms with Gasteiger partial charge >= 0.3 is 0 Å². The zero-order valence-electron chi connectivity index (χ0n) is 9.21. The van der Waals surface area contributed by atoms with Gasteiger partial charge in [0.2, 0.25) is 0 Å². The van der Waals surface area contributed by atoms with Crippen molar-refractivity contribution in [3.63, 3.8) is 0 Å². The fourth-order valence-electron chi connectivity index (χ4n) is 1.97. The standard InChI is InChI=1S/C12H19NO/c1-5-13-11-9(2)10(8-14)6-7-12(11,3)4/h6-8,10-11,13H,2,5H2,1,3-4H3. The zero-order chi connectivity index (χ0) is 10.8. The number of likely N-dealkylation sites (N-methyl/N-ethyl adjacent to an activating group) is 1. The lowest BCUT2D eigenvalue weighted by Crippen LogP contribution is -2.45. The molecule has 2 unspecified atom stereocenters. The largest absolute Gasteiger partial charge is 0.310 e. The van der Waals surface area contributed by atoms with E-state index in [1.165, 1.54) is 0 Å². The van der Waals surface area contributed by atoms with Crippen LogP contribution in [0.3, 0.4) is 0 Å². The average Bonchev–Trinajstić information content (AvgIpc) is 2.12. The van der Waals surface area contributed by atoms with Crippen LogP contribution < -0.4 is 5.32 Å². The predicted molar refractivity (Wildman–Crippen MR) is 59.1 cm³/mol. The van der Waals surface area contributed by atoms with Crippen molar-refractivity contribution >= 4 is 6.29 Å². The number of hydrogen-bond acceptors (Lipinski definition) is 2. The SMILES string of the molecule is C=C1C(C=O)C=CC(C)(C)C1NCC. The van der Waals surface area contributed by atoms with Gasteiger partial charge in [-0.15, -0.1) is 0 Å². The molecule has 0 aromatic heterocycles. The van der Waals surface area contributed by atoms with E-state index in [9.17, 15) is 4.79 Å². The molecular formula is C12H19NO. The summed E-state index contributed by atoms with van der Waals surface area (Å²) < 4.78 is 0. The third-order valence-electron chi connectivity index (χ3n) is 2.83. The monoisotopic (exact) mass is 193 g/mol. The van der Waals surface area contributed by atoms with Gasteiger partial charge < -0.3 is 10.1 Å². The van der Waals surface area contributed by atoms with Gasteiger partial charge in [-0.3, -0.25) is 0 Å². The van der Waals surface area contributed by atoms with Crippen molar-refractivity contribution in [3.8, 4) is 0 Å². The minimum absolute atomic E-state index is 0.0482. The molecule has 0 saturated carbocycles. The van der Waals surface area contributed by atoms with Gasteiger partial charge in [0.05, 0.1) is 5.92 Å². The number of aldehydes is 1. The molecule has 0 saturated heterocycles. The van der Waals surface area contributed by atoms with Gasteiger partial charge in [0.15, 0.2) is 0 Å². The molecule has 2 nitrogen and oxygen atoms in total. The van der Waals surface area contributed by atoms with Crippen molar-refractivity contribution in [2.45, 2.75) is 26.8 Å². The molecule has 0 aromatic rings. The Bertz CT molecular complexity index is 265. The summed E-state index contributed by atoms with van der Waals surface area (Å²) >= 11 is 0. The molecular weight excluding hydrogens is 174 g/mol. The van der Waals surface area contributed by atoms with Crippen LogP contribution in [0.5, 0.6) is 0 Å². The molecule has 0 radical (unpaired) electrons. The van der Waals surface area contributed by atoms with Crippen molar-refractivity contribution in [1.29, 1.82) is 0 Å². The van der Waals surface area contributed by atoms with Gasteiger partial charge in [0.1, 0.15) is 6.29 Å². The van der Waals surface area contributed by atoms with Crippen LogP contribution in [0.2, 0.25) is 0 Å². The van der Waals surface area contributed by atoms with E-state index >= 15 is 0 Å². The first-order chi connectivity index (χ1) is 6.53. The maximum absolute atomic E-state index is 10.8. The van der Waals surface area contributed by atoms with E-state index in [0.29, 0.717) is 0 Å². The molecule has 0 heterocycles. The Labute approximate surface area is 86.1 Å². The first kappa shape index (κ1) is 11.2. The van der Waals surface area contributed by atoms with E-state index in [-0.39, 0.29) is 17.4 Å². The minimum Gasteiger partial charge on any atom is -0.310 e. The smallest absolute Gasteiger partial charge is 0.130 e. The molecule has 0 fully saturated rings. The van der Waals surface area contributed by atoms with Gasteiger partial charge in [-0.25, -0.2) is 0 Å². The fourth-order valence-corrected chi connectivity index (χ4v) is 1.97. The number of nitrogens with one attached hydrogen (secondary N) is 1. The lowest BCUT2D eigenvalue weighted by atomic mass is 9.72. The Morgan fingerprint density at radius 3 is 2.79 bits per heavy atom. The highest BCUT2D eigenvalue weighted by atomic mass is 16.1. The van der Waals surface area contributed by atoms with E-state index in [0.717, 1.165) is 18.4 Å². The van der Waals surface area contributed by atoms with Crippen LogP contribution in [0, 0.1) is 11.3 Å². The van der Waals surface area contributed by atoms with Gasteiger partial charge in [-0.1, -0.05) is 39.5 Å². The number of carbonyl (C=O) groups excluding carboxylic acids is 1. The second kappa shape index (κ2) is 4.09. The summed E-state index contributed by atoms with van der Waals surface area (Å²) in [6, 6.07) is 0.202. The van der Waals surface area contributed by atoms with E-state index in [1.54, 1.807) is 0 Å². The van der Waals surface area contributed by atoms with E-state index < -0.39 is 0 Å². The van der Waals surface area contributed by atoms with Crippen molar-refractivity contribution in [2.75, 3.05) is 6.54 Å². The molecule has 0 aromatic carbocycles. The summed E-state index contributed by atoms with van der Waals surface area (Å²) in [5, 5.41) is 3.38. The van der Waals surface area contributed by atoms with Crippen molar-refractivity contribution in [1.82, 2.24) is 5.32 Å². The molecule has 1 N–H and O–H groups in total. The summed E-state index contributed by atoms with van der Waals surface area (Å²) in [5.74, 6) is -0.118. The topological polar surface area (TPSA) is 29.1 Å². The molecule has 0 amide bonds. The summed E-state index contributed by atoms with van der Waals surface area (Å²) in [4.78, 5) is 10.8. The Morgan fingerprint density at radius 1 is 1.64 bits per heavy atom. The van der Waals surface area contributed by atoms with Crippen LogP contribution in [0.15, 0.2) is 24.3 Å². The van der Waals surface area contributed by atoms with Gasteiger partial charge in [0.25, 0.3) is 0 Å². The second-order valence-electron chi connectivity index (χ2n) is 4.41. The van der Waals surface area contributed by atoms with Crippen LogP contribution in [0.1, 0.15) is 20.8 Å². The van der Waals surface area contributed by atoms with E-state index in [4.69, 9.17) is 0 Å². The maximum Gasteiger partial charge on any atom is 0.130 e. The van der Waals surface area contributed by atoms with Crippen LogP contribution >= 0.6 is 0 Å². The van der Waals surface area contributed by atoms with Gasteiger partial charge in [0, 0.05) is 11.5 Å². The minimum atomic E-state index is -0.118. The number of rotatable bonds is 3. The Kier molecular flexibility index (Phi) is 3.27. The molecule has 1 aliphatic carbocycles. The average molecular weight is 193 g/mol. The molecule has 1 aliphatic rings. The molecule has 0 bridgehead atoms. The predicted octanol–water partition coefficient (Wildman–Crippen LogP) is 1.93. The van der Waals surface area contributed by atoms with Crippen molar-refractivity contribution in [3.05, 3.63) is 24.3 Å². The first-order valence-corrected chi connectivity index (χ1v) is 5.09. The summed E-state index contributed by atoms with van der Waals surface area (Å²) in [5.41, 5.74) is 1.03. The highest BCUT2D eigenvalue weighted by Crippen LogP contribution is 2.35. The lowest BCUT2D eigenvalue weighted by Gasteiger charge is -2.38. The molecule has 14 heavy (non-hydrogen) atoms. The van der Waals surface area contributed by atoms with Crippen molar-refractivity contribution < 1.29 is 4.79 Å². The first-order valence-electron chi connectivity index (χ1n) is 5.09. The van der Waals surface area contributed by atoms with Crippen LogP contribution in [-0.2, 0) is 4.79 Å². The molecule has 78 valence electrons. The number of hydrogen-bond donors (Lipinski definition) is 1. The highest BCUT2D eigenvalue weighted by molar-refractivity contribution is 5.63. The number of carbonyl (C=O) groups is 1. The zero-order valence-corrected chi connectivity index (χ0v) is 9.21. The van der Waals surface area contributed by atoms with E-state index in [1.807, 2.05) is 6.08 Å². The van der Waals surface area contributed by atoms with Crippen molar-refractivity contribution in [2.24, 2.45) is 11.3 Å². The summed E-state index contributed by atoms with van der Waals surface area (Å²) in [7, 11) is 0. The van der Waals surface area contributed by atoms with Gasteiger partial charge in [-0.05, 0) is 12.1 Å². The summed E-state index contributed by atoms with van der Waals surface area (Å²) in [6.07, 6.45) is 5.01. The Balaban J connectivity index is 2.94. The van der Waals surface area contributed by atoms with Crippen LogP contribution in [-0.4, -0.2) is 18.9 Å². The lowest BCUT2D eigenvalue weighted by molar-refractivity contribution is -0.109. The maximum atomic E-state index is 10.8. The Morgan fingerprint density at radius 2 is 2.29 bits per heavy atom. The van der Waals surface area contributed by atoms with Crippen LogP contribution in [0.4, 0.5) is 0 Å². The summed E-state index contributed by atoms with van der Waals surface area (Å²) in [6.45, 7) is 11.3. The quantitative estimate of drug-likeness (QED) is 0.548. The van der Waals surface area contributed by atoms with E-state index in [2.05, 4.69) is 38.7 Å². The third kappa shape index (κ3) is 1.95. The van der Waals surface area contributed by atoms with Crippen LogP contribution in [0.25, 0.3) is 0 Å².